The molecule has 0 aliphatic heterocycles. The molecule has 0 aliphatic carbocycles. The van der Waals surface area contributed by atoms with Crippen LogP contribution >= 0.6 is 11.6 Å². The monoisotopic (exact) mass is 782 g/mol. The molecule has 17 heteroatoms. The number of ether oxygens (including phenoxy) is 5. The molecule has 3 rings (SSSR count). The summed E-state index contributed by atoms with van der Waals surface area (Å²) in [6.45, 7) is 1.83. The number of esters is 2. The number of methoxy groups -OCH3 is 3. The van der Waals surface area contributed by atoms with Crippen molar-refractivity contribution in [3.8, 4) is 17.2 Å². The minimum atomic E-state index is -0.666. The molecule has 0 aromatic heterocycles. The van der Waals surface area contributed by atoms with Crippen molar-refractivity contribution in [1.82, 2.24) is 0 Å². The number of nitro benzene ring substituents is 1. The Morgan fingerprint density at radius 1 is 0.685 bits per heavy atom. The molecule has 0 spiro atoms. The third kappa shape index (κ3) is 23.3. The van der Waals surface area contributed by atoms with Crippen molar-refractivity contribution in [2.45, 2.75) is 50.0 Å². The maximum Gasteiger partial charge on any atom is 0.303 e. The fourth-order valence-corrected chi connectivity index (χ4v) is 3.33. The predicted molar refractivity (Wildman–Crippen MR) is 206 cm³/mol. The number of benzene rings is 3. The largest absolute Gasteiger partial charge is 0.497 e. The summed E-state index contributed by atoms with van der Waals surface area (Å²) in [5.74, 6) is 0.341. The Bertz CT molecular complexity index is 1650. The molecule has 0 atom stereocenters. The van der Waals surface area contributed by atoms with Gasteiger partial charge in [-0.3, -0.25) is 43.7 Å². The highest BCUT2D eigenvalue weighted by atomic mass is 35.5. The fourth-order valence-electron chi connectivity index (χ4n) is 3.28. The molecule has 2 N–H and O–H groups in total. The zero-order chi connectivity index (χ0) is 38.2. The van der Waals surface area contributed by atoms with E-state index in [1.807, 2.05) is 0 Å². The average molecular weight is 783 g/mol. The number of nitrogens with zero attached hydrogens (tertiary/aromatic N) is 1. The van der Waals surface area contributed by atoms with Gasteiger partial charge in [0, 0.05) is 43.1 Å². The second-order valence-electron chi connectivity index (χ2n) is 9.23. The summed E-state index contributed by atoms with van der Waals surface area (Å²) < 4.78 is 23.5. The summed E-state index contributed by atoms with van der Waals surface area (Å²) in [4.78, 5) is 83.3. The molecular weight excluding hydrogens is 732 g/mol. The lowest BCUT2D eigenvalue weighted by atomic mass is 10.0. The summed E-state index contributed by atoms with van der Waals surface area (Å²) in [7, 11) is 4.46. The number of carbonyl (C=O) groups excluding carboxylic acids is 7. The van der Waals surface area contributed by atoms with E-state index in [0.717, 1.165) is 0 Å². The van der Waals surface area contributed by atoms with E-state index in [2.05, 4.69) is 9.47 Å². The van der Waals surface area contributed by atoms with Crippen LogP contribution in [0.3, 0.4) is 0 Å². The number of nitrogen functional groups attached to an aromatic ring is 1. The van der Waals surface area contributed by atoms with Crippen molar-refractivity contribution < 1.29 is 62.2 Å². The minimum absolute atomic E-state index is 0. The van der Waals surface area contributed by atoms with Gasteiger partial charge in [-0.1, -0.05) is 35.8 Å². The number of Topliss-reactive ketones (excluding diaryl/α,β-unsaturated/α-hetero) is 1. The average Bonchev–Trinajstić information content (AvgIpc) is 3.10. The predicted octanol–water partition coefficient (Wildman–Crippen LogP) is 6.55. The lowest BCUT2D eigenvalue weighted by molar-refractivity contribution is -0.385. The van der Waals surface area contributed by atoms with Crippen LogP contribution < -0.4 is 19.9 Å². The fraction of sp³-hybridized carbons (Fsp3) is 0.324. The second kappa shape index (κ2) is 31.6. The quantitative estimate of drug-likeness (QED) is 0.0483. The normalized spacial score (nSPS) is 8.56. The summed E-state index contributed by atoms with van der Waals surface area (Å²) in [5.41, 5.74) is 7.19. The van der Waals surface area contributed by atoms with E-state index in [1.54, 1.807) is 43.5 Å². The van der Waals surface area contributed by atoms with Gasteiger partial charge in [0.1, 0.15) is 30.1 Å². The zero-order valence-electron chi connectivity index (χ0n) is 27.7. The van der Waals surface area contributed by atoms with Crippen LogP contribution in [0.5, 0.6) is 17.2 Å². The molecule has 3 aromatic carbocycles. The molecule has 16 nitrogen and oxygen atoms in total. The first-order valence-electron chi connectivity index (χ1n) is 13.9. The molecular formula is C37H51ClN2O14. The highest BCUT2D eigenvalue weighted by Crippen LogP contribution is 2.22. The van der Waals surface area contributed by atoms with Crippen molar-refractivity contribution in [2.24, 2.45) is 0 Å². The van der Waals surface area contributed by atoms with Gasteiger partial charge in [-0.05, 0) is 59.6 Å². The van der Waals surface area contributed by atoms with Crippen LogP contribution in [-0.4, -0.2) is 81.3 Å². The van der Waals surface area contributed by atoms with Crippen molar-refractivity contribution >= 4 is 64.8 Å². The van der Waals surface area contributed by atoms with Gasteiger partial charge in [-0.25, -0.2) is 0 Å². The third-order valence-corrected chi connectivity index (χ3v) is 5.78. The molecule has 0 fully saturated rings. The van der Waals surface area contributed by atoms with E-state index in [1.165, 1.54) is 46.3 Å². The van der Waals surface area contributed by atoms with Crippen molar-refractivity contribution in [3.05, 3.63) is 87.0 Å². The van der Waals surface area contributed by atoms with Gasteiger partial charge in [0.15, 0.2) is 25.0 Å². The van der Waals surface area contributed by atoms with Crippen LogP contribution in [0.4, 0.5) is 11.4 Å². The minimum Gasteiger partial charge on any atom is -0.497 e. The number of nitrogens with two attached hydrogens (primary N) is 1. The molecule has 0 bridgehead atoms. The van der Waals surface area contributed by atoms with E-state index in [4.69, 9.17) is 31.5 Å². The molecule has 0 unspecified atom stereocenters. The first kappa shape index (κ1) is 57.2. The van der Waals surface area contributed by atoms with Gasteiger partial charge < -0.3 is 29.4 Å². The van der Waals surface area contributed by atoms with Gasteiger partial charge >= 0.3 is 11.9 Å². The summed E-state index contributed by atoms with van der Waals surface area (Å²) in [6, 6.07) is 13.8. The third-order valence-electron chi connectivity index (χ3n) is 5.67. The number of hydrogen-bond donors (Lipinski definition) is 1. The van der Waals surface area contributed by atoms with Crippen molar-refractivity contribution in [2.75, 3.05) is 40.3 Å². The van der Waals surface area contributed by atoms with Crippen LogP contribution in [0.25, 0.3) is 0 Å². The van der Waals surface area contributed by atoms with Gasteiger partial charge in [-0.2, -0.15) is 0 Å². The van der Waals surface area contributed by atoms with Gasteiger partial charge in [0.25, 0.3) is 10.9 Å². The van der Waals surface area contributed by atoms with Crippen molar-refractivity contribution in [3.63, 3.8) is 0 Å². The van der Waals surface area contributed by atoms with Gasteiger partial charge in [0.2, 0.25) is 0 Å². The van der Waals surface area contributed by atoms with Crippen molar-refractivity contribution in [1.29, 1.82) is 0 Å². The molecule has 0 aliphatic rings. The Balaban J connectivity index is -0.000000200. The Hall–Kier alpha value is -6.16. The lowest BCUT2D eigenvalue weighted by Crippen LogP contribution is -2.14. The molecule has 300 valence electrons. The number of carbonyl (C=O) groups is 7. The number of halogens is 1. The van der Waals surface area contributed by atoms with E-state index in [-0.39, 0.29) is 66.4 Å². The summed E-state index contributed by atoms with van der Waals surface area (Å²) in [6.07, 6.45) is 1.85. The van der Waals surface area contributed by atoms with Crippen LogP contribution in [0.2, 0.25) is 0 Å². The molecule has 54 heavy (non-hydrogen) atoms. The Morgan fingerprint density at radius 3 is 1.48 bits per heavy atom. The van der Waals surface area contributed by atoms with E-state index in [9.17, 15) is 43.7 Å². The number of hydrogen-bond acceptors (Lipinski definition) is 15. The van der Waals surface area contributed by atoms with E-state index >= 15 is 0 Å². The van der Waals surface area contributed by atoms with E-state index in [0.29, 0.717) is 58.5 Å². The molecule has 0 radical (unpaired) electrons. The summed E-state index contributed by atoms with van der Waals surface area (Å²) in [5, 5.41) is 9.72. The number of anilines is 1. The second-order valence-corrected chi connectivity index (χ2v) is 9.65. The summed E-state index contributed by atoms with van der Waals surface area (Å²) >= 11 is 4.81. The first-order chi connectivity index (χ1) is 23.6. The van der Waals surface area contributed by atoms with Gasteiger partial charge in [-0.15, -0.1) is 0 Å². The number of ketones is 1. The smallest absolute Gasteiger partial charge is 0.303 e. The topological polar surface area (TPSA) is 235 Å². The van der Waals surface area contributed by atoms with Gasteiger partial charge in [0.05, 0.1) is 31.8 Å². The molecule has 0 saturated heterocycles. The number of nitro groups is 1. The Kier molecular flexibility index (Phi) is 33.4. The SMILES string of the molecule is C.C.C.C.CC(=O)OCC(=O)Cl.COc1ccc(CC(=O)COC(C)=O)c(C=O)c1.COc1ccc(N)c(C=O)c1.COc1ccc([N+](=O)[O-])c(C=O)c1. The van der Waals surface area contributed by atoms with Crippen LogP contribution in [0.15, 0.2) is 54.6 Å². The Morgan fingerprint density at radius 2 is 1.09 bits per heavy atom. The maximum atomic E-state index is 11.5. The highest BCUT2D eigenvalue weighted by molar-refractivity contribution is 6.64. The lowest BCUT2D eigenvalue weighted by Gasteiger charge is -2.07. The first-order valence-corrected chi connectivity index (χ1v) is 14.3. The molecule has 0 saturated carbocycles. The highest BCUT2D eigenvalue weighted by Gasteiger charge is 2.13. The number of rotatable bonds is 13. The van der Waals surface area contributed by atoms with Crippen LogP contribution in [-0.2, 0) is 35.1 Å². The Labute approximate surface area is 321 Å². The van der Waals surface area contributed by atoms with Crippen LogP contribution in [0, 0.1) is 10.1 Å². The molecule has 0 amide bonds. The molecule has 3 aromatic rings. The molecule has 0 heterocycles. The standard InChI is InChI=1S/C13H14O5.C8H7NO4.C8H9NO2.C4H5ClO3.4CH4/c1-9(15)18-8-12(16)5-10-3-4-13(17-2)6-11(10)7-14;1-13-7-2-3-8(9(11)12)6(4-7)5-10;1-11-7-2-3-8(9)6(4-7)5-10;1-3(6)8-2-4(5)7;;;;/h3-4,6-7H,5,8H2,1-2H3;2-5H,1H3;2-5H,9H2,1H3;2H2,1H3;4*1H4. The number of aldehydes is 3. The maximum absolute atomic E-state index is 11.5. The zero-order valence-corrected chi connectivity index (χ0v) is 28.4. The van der Waals surface area contributed by atoms with Crippen LogP contribution in [0.1, 0.15) is 80.2 Å². The van der Waals surface area contributed by atoms with E-state index < -0.39 is 22.1 Å².